The smallest absolute Gasteiger partial charge is 0.209 e. The van der Waals surface area contributed by atoms with Gasteiger partial charge in [-0.3, -0.25) is 14.8 Å². The molecule has 1 fully saturated rings. The van der Waals surface area contributed by atoms with Gasteiger partial charge in [-0.05, 0) is 54.5 Å². The molecule has 6 nitrogen and oxygen atoms in total. The fraction of sp³-hybridized carbons (Fsp3) is 0.350. The first-order valence-electron chi connectivity index (χ1n) is 9.51. The van der Waals surface area contributed by atoms with Crippen molar-refractivity contribution in [3.63, 3.8) is 0 Å². The Morgan fingerprint density at radius 3 is 2.55 bits per heavy atom. The van der Waals surface area contributed by atoms with Crippen LogP contribution in [0.25, 0.3) is 0 Å². The summed E-state index contributed by atoms with van der Waals surface area (Å²) in [6.07, 6.45) is 3.71. The molecule has 152 valence electrons. The number of aryl methyl sites for hydroxylation is 1. The van der Waals surface area contributed by atoms with Gasteiger partial charge in [0, 0.05) is 55.8 Å². The minimum atomic E-state index is 0.717. The highest BCUT2D eigenvalue weighted by Crippen LogP contribution is 2.25. The van der Waals surface area contributed by atoms with E-state index in [4.69, 9.17) is 23.8 Å². The summed E-state index contributed by atoms with van der Waals surface area (Å²) in [5.41, 5.74) is 3.28. The minimum absolute atomic E-state index is 0.717. The second kappa shape index (κ2) is 9.32. The van der Waals surface area contributed by atoms with Gasteiger partial charge in [-0.25, -0.2) is 4.68 Å². The fourth-order valence-electron chi connectivity index (χ4n) is 3.26. The first-order chi connectivity index (χ1) is 14.1. The fourth-order valence-corrected chi connectivity index (χ4v) is 4.46. The number of halogens is 1. The van der Waals surface area contributed by atoms with Crippen LogP contribution in [0, 0.1) is 10.9 Å². The summed E-state index contributed by atoms with van der Waals surface area (Å²) in [7, 11) is 0. The summed E-state index contributed by atoms with van der Waals surface area (Å²) < 4.78 is 2.67. The molecule has 4 rings (SSSR count). The van der Waals surface area contributed by atoms with E-state index < -0.39 is 0 Å². The molecule has 0 saturated carbocycles. The summed E-state index contributed by atoms with van der Waals surface area (Å²) in [5, 5.41) is 9.48. The van der Waals surface area contributed by atoms with E-state index in [1.165, 1.54) is 16.9 Å². The summed E-state index contributed by atoms with van der Waals surface area (Å²) in [4.78, 5) is 8.95. The number of anilines is 2. The second-order valence-electron chi connectivity index (χ2n) is 7.15. The van der Waals surface area contributed by atoms with Crippen LogP contribution in [0.1, 0.15) is 11.1 Å². The van der Waals surface area contributed by atoms with Crippen molar-refractivity contribution in [2.24, 2.45) is 0 Å². The number of aromatic nitrogens is 3. The van der Waals surface area contributed by atoms with Gasteiger partial charge in [-0.1, -0.05) is 29.0 Å². The second-order valence-corrected chi connectivity index (χ2v) is 9.18. The van der Waals surface area contributed by atoms with E-state index in [-0.39, 0.29) is 0 Å². The quantitative estimate of drug-likeness (QED) is 0.560. The first kappa shape index (κ1) is 20.4. The van der Waals surface area contributed by atoms with Crippen molar-refractivity contribution in [1.29, 1.82) is 0 Å². The molecule has 0 spiro atoms. The Hall–Kier alpha value is -1.84. The zero-order valence-electron chi connectivity index (χ0n) is 16.2. The van der Waals surface area contributed by atoms with Gasteiger partial charge in [-0.2, -0.15) is 0 Å². The summed E-state index contributed by atoms with van der Waals surface area (Å²) in [5.74, 6) is 0. The van der Waals surface area contributed by atoms with Gasteiger partial charge in [0.1, 0.15) is 0 Å². The highest BCUT2D eigenvalue weighted by atomic mass is 35.5. The van der Waals surface area contributed by atoms with E-state index in [1.807, 2.05) is 42.2 Å². The zero-order chi connectivity index (χ0) is 20.2. The molecule has 0 bridgehead atoms. The molecule has 1 aliphatic heterocycles. The topological polar surface area (TPSA) is 49.2 Å². The van der Waals surface area contributed by atoms with E-state index in [9.17, 15) is 0 Å². The van der Waals surface area contributed by atoms with Gasteiger partial charge in [0.25, 0.3) is 0 Å². The number of hydrogen-bond acceptors (Lipinski definition) is 7. The van der Waals surface area contributed by atoms with E-state index >= 15 is 0 Å². The van der Waals surface area contributed by atoms with Crippen molar-refractivity contribution >= 4 is 46.0 Å². The van der Waals surface area contributed by atoms with Gasteiger partial charge < -0.3 is 5.32 Å². The van der Waals surface area contributed by atoms with Gasteiger partial charge in [-0.15, -0.1) is 5.10 Å². The Morgan fingerprint density at radius 2 is 1.83 bits per heavy atom. The number of hydrogen-bond donors (Lipinski definition) is 1. The van der Waals surface area contributed by atoms with E-state index in [1.54, 1.807) is 0 Å². The molecular formula is C20H23ClN6S2. The monoisotopic (exact) mass is 446 g/mol. The van der Waals surface area contributed by atoms with Crippen molar-refractivity contribution in [2.45, 2.75) is 20.1 Å². The first-order valence-corrected chi connectivity index (χ1v) is 11.1. The SMILES string of the molecule is Cc1ccc(Nc2nn(CN3CCN(Cc4ccncc4)CC3)c(=S)s2)cc1Cl. The van der Waals surface area contributed by atoms with Crippen LogP contribution in [0.2, 0.25) is 5.02 Å². The lowest BCUT2D eigenvalue weighted by Crippen LogP contribution is -2.46. The van der Waals surface area contributed by atoms with Crippen LogP contribution in [0.15, 0.2) is 42.7 Å². The van der Waals surface area contributed by atoms with Crippen LogP contribution in [0.4, 0.5) is 10.8 Å². The normalized spacial score (nSPS) is 15.5. The third-order valence-corrected chi connectivity index (χ3v) is 6.61. The van der Waals surface area contributed by atoms with Gasteiger partial charge in [0.05, 0.1) is 6.67 Å². The Kier molecular flexibility index (Phi) is 6.56. The molecule has 1 saturated heterocycles. The maximum atomic E-state index is 6.21. The summed E-state index contributed by atoms with van der Waals surface area (Å²) in [6.45, 7) is 7.75. The van der Waals surface area contributed by atoms with Crippen molar-refractivity contribution in [1.82, 2.24) is 24.6 Å². The van der Waals surface area contributed by atoms with Crippen LogP contribution < -0.4 is 5.32 Å². The molecular weight excluding hydrogens is 424 g/mol. The molecule has 2 aromatic heterocycles. The third-order valence-electron chi connectivity index (χ3n) is 4.98. The predicted molar refractivity (Wildman–Crippen MR) is 121 cm³/mol. The number of rotatable bonds is 6. The molecule has 1 aliphatic rings. The van der Waals surface area contributed by atoms with Crippen molar-refractivity contribution in [3.8, 4) is 0 Å². The molecule has 9 heteroatoms. The maximum absolute atomic E-state index is 6.21. The maximum Gasteiger partial charge on any atom is 0.209 e. The largest absolute Gasteiger partial charge is 0.330 e. The van der Waals surface area contributed by atoms with Crippen molar-refractivity contribution in [3.05, 3.63) is 62.8 Å². The minimum Gasteiger partial charge on any atom is -0.330 e. The molecule has 29 heavy (non-hydrogen) atoms. The van der Waals surface area contributed by atoms with Gasteiger partial charge in [0.2, 0.25) is 5.13 Å². The average molecular weight is 447 g/mol. The Bertz CT molecular complexity index is 1010. The van der Waals surface area contributed by atoms with Crippen LogP contribution >= 0.6 is 35.2 Å². The van der Waals surface area contributed by atoms with Crippen LogP contribution in [0.5, 0.6) is 0 Å². The van der Waals surface area contributed by atoms with E-state index in [0.29, 0.717) is 0 Å². The van der Waals surface area contributed by atoms with Crippen LogP contribution in [-0.4, -0.2) is 50.7 Å². The number of piperazine rings is 1. The molecule has 0 atom stereocenters. The van der Waals surface area contributed by atoms with Gasteiger partial charge in [0.15, 0.2) is 3.95 Å². The molecule has 0 unspecified atom stereocenters. The van der Waals surface area contributed by atoms with Crippen molar-refractivity contribution in [2.75, 3.05) is 31.5 Å². The molecule has 1 aromatic carbocycles. The van der Waals surface area contributed by atoms with Crippen LogP contribution in [0.3, 0.4) is 0 Å². The average Bonchev–Trinajstić information content (AvgIpc) is 3.06. The van der Waals surface area contributed by atoms with E-state index in [2.05, 4.69) is 37.3 Å². The molecule has 3 heterocycles. The molecule has 0 radical (unpaired) electrons. The highest BCUT2D eigenvalue weighted by Gasteiger charge is 2.18. The molecule has 1 N–H and O–H groups in total. The summed E-state index contributed by atoms with van der Waals surface area (Å²) >= 11 is 13.2. The number of benzene rings is 1. The number of pyridine rings is 1. The Balaban J connectivity index is 1.32. The Labute approximate surface area is 184 Å². The molecule has 0 aliphatic carbocycles. The lowest BCUT2D eigenvalue weighted by Gasteiger charge is -2.34. The Morgan fingerprint density at radius 1 is 1.10 bits per heavy atom. The third kappa shape index (κ3) is 5.40. The summed E-state index contributed by atoms with van der Waals surface area (Å²) in [6, 6.07) is 10.1. The standard InChI is InChI=1S/C20H23ClN6S2/c1-15-2-3-17(12-18(15)21)23-19-24-27(20(28)29-19)14-26-10-8-25(9-11-26)13-16-4-6-22-7-5-16/h2-7,12H,8-11,13-14H2,1H3,(H,23,24). The molecule has 3 aromatic rings. The lowest BCUT2D eigenvalue weighted by atomic mass is 10.2. The van der Waals surface area contributed by atoms with Gasteiger partial charge >= 0.3 is 0 Å². The number of nitrogens with zero attached hydrogens (tertiary/aromatic N) is 5. The number of nitrogens with one attached hydrogen (secondary N) is 1. The van der Waals surface area contributed by atoms with E-state index in [0.717, 1.165) is 64.8 Å². The lowest BCUT2D eigenvalue weighted by molar-refractivity contribution is 0.0985. The van der Waals surface area contributed by atoms with Crippen molar-refractivity contribution < 1.29 is 0 Å². The molecule has 0 amide bonds. The van der Waals surface area contributed by atoms with Crippen LogP contribution in [-0.2, 0) is 13.2 Å². The highest BCUT2D eigenvalue weighted by molar-refractivity contribution is 7.73. The predicted octanol–water partition coefficient (Wildman–Crippen LogP) is 4.55. The zero-order valence-corrected chi connectivity index (χ0v) is 18.6.